The Kier molecular flexibility index (Phi) is 4.71. The summed E-state index contributed by atoms with van der Waals surface area (Å²) in [6, 6.07) is 4.77. The van der Waals surface area contributed by atoms with Gasteiger partial charge in [0.25, 0.3) is 5.91 Å². The Hall–Kier alpha value is -2.36. The monoisotopic (exact) mass is 290 g/mol. The second-order valence-corrected chi connectivity index (χ2v) is 4.18. The number of amides is 1. The summed E-state index contributed by atoms with van der Waals surface area (Å²) in [5.74, 6) is 5.49. The van der Waals surface area contributed by atoms with Crippen molar-refractivity contribution in [3.05, 3.63) is 46.5 Å². The highest BCUT2D eigenvalue weighted by Gasteiger charge is 2.08. The molecule has 2 aromatic rings. The van der Waals surface area contributed by atoms with Gasteiger partial charge in [0.05, 0.1) is 11.6 Å². The summed E-state index contributed by atoms with van der Waals surface area (Å²) in [4.78, 5) is 15.8. The summed E-state index contributed by atoms with van der Waals surface area (Å²) in [6.07, 6.45) is 1.37. The third-order valence-corrected chi connectivity index (χ3v) is 2.73. The number of hydrogen-bond donors (Lipinski definition) is 3. The minimum Gasteiger partial charge on any atom is -0.384 e. The van der Waals surface area contributed by atoms with Gasteiger partial charge in [0.15, 0.2) is 0 Å². The quantitative estimate of drug-likeness (QED) is 0.727. The molecule has 1 aromatic heterocycles. The van der Waals surface area contributed by atoms with E-state index in [9.17, 15) is 4.79 Å². The van der Waals surface area contributed by atoms with Crippen molar-refractivity contribution in [1.82, 2.24) is 20.5 Å². The molecule has 3 N–H and O–H groups in total. The Morgan fingerprint density at radius 3 is 3.00 bits per heavy atom. The Morgan fingerprint density at radius 1 is 1.50 bits per heavy atom. The molecule has 0 aliphatic heterocycles. The SMILES string of the molecule is O=C(NCc1ncn[nH]1)c1ccc(C#CCO)c(Cl)c1. The molecule has 0 saturated carbocycles. The average molecular weight is 291 g/mol. The maximum atomic E-state index is 11.9. The van der Waals surface area contributed by atoms with Crippen LogP contribution in [-0.4, -0.2) is 32.8 Å². The smallest absolute Gasteiger partial charge is 0.251 e. The van der Waals surface area contributed by atoms with E-state index < -0.39 is 0 Å². The summed E-state index contributed by atoms with van der Waals surface area (Å²) < 4.78 is 0. The highest BCUT2D eigenvalue weighted by Crippen LogP contribution is 2.17. The van der Waals surface area contributed by atoms with Crippen molar-refractivity contribution in [2.75, 3.05) is 6.61 Å². The van der Waals surface area contributed by atoms with Crippen LogP contribution in [0.4, 0.5) is 0 Å². The zero-order chi connectivity index (χ0) is 14.4. The van der Waals surface area contributed by atoms with Crippen LogP contribution in [0.25, 0.3) is 0 Å². The summed E-state index contributed by atoms with van der Waals surface area (Å²) in [5.41, 5.74) is 0.983. The van der Waals surface area contributed by atoms with E-state index in [2.05, 4.69) is 32.3 Å². The van der Waals surface area contributed by atoms with E-state index in [1.807, 2.05) is 0 Å². The van der Waals surface area contributed by atoms with E-state index in [4.69, 9.17) is 16.7 Å². The van der Waals surface area contributed by atoms with E-state index in [1.165, 1.54) is 12.4 Å². The summed E-state index contributed by atoms with van der Waals surface area (Å²) >= 11 is 6.02. The minimum atomic E-state index is -0.273. The van der Waals surface area contributed by atoms with Crippen LogP contribution in [0.2, 0.25) is 5.02 Å². The Labute approximate surface area is 120 Å². The van der Waals surface area contributed by atoms with E-state index in [0.29, 0.717) is 22.0 Å². The average Bonchev–Trinajstić information content (AvgIpc) is 2.96. The van der Waals surface area contributed by atoms with E-state index in [0.717, 1.165) is 0 Å². The molecule has 1 heterocycles. The fourth-order valence-electron chi connectivity index (χ4n) is 1.47. The number of H-pyrrole nitrogens is 1. The summed E-state index contributed by atoms with van der Waals surface area (Å²) in [6.45, 7) is 0.0122. The molecule has 1 aromatic carbocycles. The molecule has 0 bridgehead atoms. The lowest BCUT2D eigenvalue weighted by Crippen LogP contribution is -2.23. The zero-order valence-electron chi connectivity index (χ0n) is 10.4. The molecular formula is C13H11ClN4O2. The highest BCUT2D eigenvalue weighted by molar-refractivity contribution is 6.32. The molecule has 0 spiro atoms. The van der Waals surface area contributed by atoms with Crippen LogP contribution in [-0.2, 0) is 6.54 Å². The molecule has 0 aliphatic rings. The van der Waals surface area contributed by atoms with Gasteiger partial charge < -0.3 is 10.4 Å². The van der Waals surface area contributed by atoms with Gasteiger partial charge in [-0.2, -0.15) is 5.10 Å². The van der Waals surface area contributed by atoms with Gasteiger partial charge in [-0.05, 0) is 18.2 Å². The molecule has 1 amide bonds. The Bertz CT molecular complexity index is 659. The topological polar surface area (TPSA) is 90.9 Å². The number of aromatic amines is 1. The van der Waals surface area contributed by atoms with Crippen molar-refractivity contribution in [3.8, 4) is 11.8 Å². The second kappa shape index (κ2) is 6.70. The van der Waals surface area contributed by atoms with Gasteiger partial charge in [0.2, 0.25) is 0 Å². The predicted octanol–water partition coefficient (Wildman–Crippen LogP) is 0.732. The number of rotatable bonds is 3. The van der Waals surface area contributed by atoms with E-state index >= 15 is 0 Å². The molecule has 6 nitrogen and oxygen atoms in total. The van der Waals surface area contributed by atoms with Crippen LogP contribution < -0.4 is 5.32 Å². The number of carbonyl (C=O) groups is 1. The molecule has 2 rings (SSSR count). The van der Waals surface area contributed by atoms with E-state index in [1.54, 1.807) is 12.1 Å². The maximum Gasteiger partial charge on any atom is 0.251 e. The first-order valence-corrected chi connectivity index (χ1v) is 6.10. The normalized spacial score (nSPS) is 9.70. The number of aromatic nitrogens is 3. The summed E-state index contributed by atoms with van der Waals surface area (Å²) in [7, 11) is 0. The zero-order valence-corrected chi connectivity index (χ0v) is 11.1. The van der Waals surface area contributed by atoms with Crippen molar-refractivity contribution >= 4 is 17.5 Å². The molecule has 0 fully saturated rings. The van der Waals surface area contributed by atoms with Crippen LogP contribution in [0, 0.1) is 11.8 Å². The first-order valence-electron chi connectivity index (χ1n) is 5.72. The second-order valence-electron chi connectivity index (χ2n) is 3.77. The lowest BCUT2D eigenvalue weighted by molar-refractivity contribution is 0.0950. The van der Waals surface area contributed by atoms with Crippen molar-refractivity contribution < 1.29 is 9.90 Å². The molecule has 0 unspecified atom stereocenters. The van der Waals surface area contributed by atoms with Crippen LogP contribution in [0.5, 0.6) is 0 Å². The van der Waals surface area contributed by atoms with Crippen LogP contribution >= 0.6 is 11.6 Å². The van der Waals surface area contributed by atoms with Crippen LogP contribution in [0.15, 0.2) is 24.5 Å². The van der Waals surface area contributed by atoms with Crippen LogP contribution in [0.1, 0.15) is 21.7 Å². The number of halogens is 1. The van der Waals surface area contributed by atoms with Crippen LogP contribution in [0.3, 0.4) is 0 Å². The van der Waals surface area contributed by atoms with Gasteiger partial charge in [-0.3, -0.25) is 9.89 Å². The number of aliphatic hydroxyl groups is 1. The molecule has 0 saturated heterocycles. The Morgan fingerprint density at radius 2 is 2.35 bits per heavy atom. The molecule has 20 heavy (non-hydrogen) atoms. The Balaban J connectivity index is 2.05. The van der Waals surface area contributed by atoms with Gasteiger partial charge in [-0.15, -0.1) is 0 Å². The molecule has 102 valence electrons. The predicted molar refractivity (Wildman–Crippen MR) is 73.0 cm³/mol. The lowest BCUT2D eigenvalue weighted by atomic mass is 10.1. The molecule has 7 heteroatoms. The van der Waals surface area contributed by atoms with Crippen molar-refractivity contribution in [2.24, 2.45) is 0 Å². The van der Waals surface area contributed by atoms with Crippen molar-refractivity contribution in [1.29, 1.82) is 0 Å². The van der Waals surface area contributed by atoms with Gasteiger partial charge >= 0.3 is 0 Å². The summed E-state index contributed by atoms with van der Waals surface area (Å²) in [5, 5.41) is 18.0. The van der Waals surface area contributed by atoms with Crippen molar-refractivity contribution in [2.45, 2.75) is 6.54 Å². The number of nitrogens with one attached hydrogen (secondary N) is 2. The third-order valence-electron chi connectivity index (χ3n) is 2.41. The molecule has 0 radical (unpaired) electrons. The number of aliphatic hydroxyl groups excluding tert-OH is 1. The molecule has 0 atom stereocenters. The van der Waals surface area contributed by atoms with Gasteiger partial charge in [0.1, 0.15) is 18.8 Å². The number of nitrogens with zero attached hydrogens (tertiary/aromatic N) is 2. The number of hydrogen-bond acceptors (Lipinski definition) is 4. The fraction of sp³-hybridized carbons (Fsp3) is 0.154. The standard InChI is InChI=1S/C13H11ClN4O2/c14-11-6-10(4-3-9(11)2-1-5-19)13(20)15-7-12-16-8-17-18-12/h3-4,6,8,19H,5,7H2,(H,15,20)(H,16,17,18). The van der Waals surface area contributed by atoms with E-state index in [-0.39, 0.29) is 19.1 Å². The minimum absolute atomic E-state index is 0.240. The third kappa shape index (κ3) is 3.57. The molecular weight excluding hydrogens is 280 g/mol. The fourth-order valence-corrected chi connectivity index (χ4v) is 1.70. The molecule has 0 aliphatic carbocycles. The maximum absolute atomic E-state index is 11.9. The highest BCUT2D eigenvalue weighted by atomic mass is 35.5. The first kappa shape index (κ1) is 14.1. The van der Waals surface area contributed by atoms with Gasteiger partial charge in [-0.1, -0.05) is 23.4 Å². The van der Waals surface area contributed by atoms with Crippen molar-refractivity contribution in [3.63, 3.8) is 0 Å². The largest absolute Gasteiger partial charge is 0.384 e. The number of benzene rings is 1. The van der Waals surface area contributed by atoms with Gasteiger partial charge in [0, 0.05) is 11.1 Å². The first-order chi connectivity index (χ1) is 9.70. The van der Waals surface area contributed by atoms with Gasteiger partial charge in [-0.25, -0.2) is 4.98 Å². The number of carbonyl (C=O) groups excluding carboxylic acids is 1. The lowest BCUT2D eigenvalue weighted by Gasteiger charge is -2.04.